The van der Waals surface area contributed by atoms with Crippen molar-refractivity contribution in [3.05, 3.63) is 35.4 Å². The lowest BCUT2D eigenvalue weighted by atomic mass is 9.68. The fourth-order valence-corrected chi connectivity index (χ4v) is 5.37. The van der Waals surface area contributed by atoms with Crippen LogP contribution < -0.4 is 0 Å². The highest BCUT2D eigenvalue weighted by atomic mass is 19.2. The van der Waals surface area contributed by atoms with E-state index in [1.54, 1.807) is 6.07 Å². The van der Waals surface area contributed by atoms with Crippen molar-refractivity contribution in [2.45, 2.75) is 84.0 Å². The monoisotopic (exact) mass is 348 g/mol. The van der Waals surface area contributed by atoms with Crippen molar-refractivity contribution in [3.63, 3.8) is 0 Å². The maximum Gasteiger partial charge on any atom is 0.159 e. The van der Waals surface area contributed by atoms with Crippen molar-refractivity contribution in [3.8, 4) is 0 Å². The van der Waals surface area contributed by atoms with E-state index in [1.807, 2.05) is 0 Å². The lowest BCUT2D eigenvalue weighted by Gasteiger charge is -2.38. The average molecular weight is 349 g/mol. The molecule has 0 N–H and O–H groups in total. The van der Waals surface area contributed by atoms with Crippen LogP contribution >= 0.6 is 0 Å². The Morgan fingerprint density at radius 1 is 0.760 bits per heavy atom. The Bertz CT molecular complexity index is 523. The first-order valence-corrected chi connectivity index (χ1v) is 10.6. The van der Waals surface area contributed by atoms with Gasteiger partial charge in [0.15, 0.2) is 11.6 Å². The molecular weight excluding hydrogens is 314 g/mol. The van der Waals surface area contributed by atoms with Crippen molar-refractivity contribution in [1.29, 1.82) is 0 Å². The third-order valence-electron chi connectivity index (χ3n) is 6.97. The summed E-state index contributed by atoms with van der Waals surface area (Å²) in [6.45, 7) is 2.31. The second-order valence-corrected chi connectivity index (χ2v) is 8.64. The largest absolute Gasteiger partial charge is 0.204 e. The average Bonchev–Trinajstić information content (AvgIpc) is 2.64. The highest BCUT2D eigenvalue weighted by Gasteiger charge is 2.30. The summed E-state index contributed by atoms with van der Waals surface area (Å²) >= 11 is 0. The fourth-order valence-electron chi connectivity index (χ4n) is 5.37. The Labute approximate surface area is 152 Å². The summed E-state index contributed by atoms with van der Waals surface area (Å²) in [6, 6.07) is 4.37. The molecule has 140 valence electrons. The van der Waals surface area contributed by atoms with Crippen molar-refractivity contribution in [2.24, 2.45) is 23.7 Å². The molecule has 0 saturated heterocycles. The van der Waals surface area contributed by atoms with Gasteiger partial charge in [-0.1, -0.05) is 51.5 Å². The van der Waals surface area contributed by atoms with E-state index < -0.39 is 11.6 Å². The Morgan fingerprint density at radius 2 is 1.32 bits per heavy atom. The predicted molar refractivity (Wildman–Crippen MR) is 100 cm³/mol. The zero-order valence-corrected chi connectivity index (χ0v) is 15.8. The van der Waals surface area contributed by atoms with Crippen LogP contribution in [0.25, 0.3) is 0 Å². The van der Waals surface area contributed by atoms with Crippen LogP contribution in [0.4, 0.5) is 8.78 Å². The second kappa shape index (κ2) is 9.14. The lowest BCUT2D eigenvalue weighted by Crippen LogP contribution is -2.26. The number of aryl methyl sites for hydroxylation is 1. The highest BCUT2D eigenvalue weighted by Crippen LogP contribution is 2.42. The van der Waals surface area contributed by atoms with Crippen LogP contribution in [0.1, 0.15) is 83.1 Å². The zero-order chi connectivity index (χ0) is 17.6. The Kier molecular flexibility index (Phi) is 6.90. The number of hydrogen-bond acceptors (Lipinski definition) is 0. The highest BCUT2D eigenvalue weighted by molar-refractivity contribution is 5.17. The molecule has 0 heterocycles. The van der Waals surface area contributed by atoms with Gasteiger partial charge in [0.25, 0.3) is 0 Å². The third-order valence-corrected chi connectivity index (χ3v) is 6.97. The van der Waals surface area contributed by atoms with Crippen LogP contribution in [0.3, 0.4) is 0 Å². The van der Waals surface area contributed by atoms with E-state index >= 15 is 0 Å². The molecule has 0 aliphatic heterocycles. The van der Waals surface area contributed by atoms with E-state index in [0.29, 0.717) is 0 Å². The standard InChI is InChI=1S/C23H34F2/c1-2-3-17-6-11-20(12-7-17)21-13-8-18(9-14-21)4-5-19-10-15-22(24)23(25)16-19/h10,15-18,20-21H,2-9,11-14H2,1H3/t17?,18-,20?,21-. The second-order valence-electron chi connectivity index (χ2n) is 8.64. The molecule has 0 aromatic heterocycles. The Morgan fingerprint density at radius 3 is 1.84 bits per heavy atom. The van der Waals surface area contributed by atoms with E-state index in [1.165, 1.54) is 76.3 Å². The summed E-state index contributed by atoms with van der Waals surface area (Å²) in [5.74, 6) is 2.29. The van der Waals surface area contributed by atoms with Gasteiger partial charge in [0, 0.05) is 0 Å². The topological polar surface area (TPSA) is 0 Å². The molecule has 0 nitrogen and oxygen atoms in total. The summed E-state index contributed by atoms with van der Waals surface area (Å²) in [7, 11) is 0. The van der Waals surface area contributed by atoms with Gasteiger partial charge in [-0.3, -0.25) is 0 Å². The van der Waals surface area contributed by atoms with Gasteiger partial charge < -0.3 is 0 Å². The van der Waals surface area contributed by atoms with Gasteiger partial charge in [0.1, 0.15) is 0 Å². The van der Waals surface area contributed by atoms with Gasteiger partial charge in [-0.15, -0.1) is 0 Å². The SMILES string of the molecule is CCCC1CCC([C@H]2CC[C@H](CCc3ccc(F)c(F)c3)CC2)CC1. The fraction of sp³-hybridized carbons (Fsp3) is 0.739. The summed E-state index contributed by atoms with van der Waals surface area (Å²) in [6.07, 6.45) is 16.1. The smallest absolute Gasteiger partial charge is 0.159 e. The molecule has 25 heavy (non-hydrogen) atoms. The molecule has 0 radical (unpaired) electrons. The quantitative estimate of drug-likeness (QED) is 0.505. The van der Waals surface area contributed by atoms with Crippen molar-refractivity contribution in [2.75, 3.05) is 0 Å². The predicted octanol–water partition coefficient (Wildman–Crippen LogP) is 7.31. The molecule has 0 atom stereocenters. The van der Waals surface area contributed by atoms with Crippen LogP contribution in [0.5, 0.6) is 0 Å². The minimum absolute atomic E-state index is 0.708. The number of hydrogen-bond donors (Lipinski definition) is 0. The zero-order valence-electron chi connectivity index (χ0n) is 15.8. The maximum absolute atomic E-state index is 13.3. The summed E-state index contributed by atoms with van der Waals surface area (Å²) < 4.78 is 26.3. The molecule has 0 bridgehead atoms. The molecule has 0 amide bonds. The number of halogens is 2. The summed E-state index contributed by atoms with van der Waals surface area (Å²) in [5.41, 5.74) is 0.940. The normalized spacial score (nSPS) is 30.4. The van der Waals surface area contributed by atoms with Gasteiger partial charge in [0.05, 0.1) is 0 Å². The molecule has 0 spiro atoms. The van der Waals surface area contributed by atoms with Crippen LogP contribution in [0, 0.1) is 35.3 Å². The van der Waals surface area contributed by atoms with Crippen molar-refractivity contribution in [1.82, 2.24) is 0 Å². The van der Waals surface area contributed by atoms with Crippen molar-refractivity contribution >= 4 is 0 Å². The van der Waals surface area contributed by atoms with E-state index in [9.17, 15) is 8.78 Å². The van der Waals surface area contributed by atoms with E-state index in [4.69, 9.17) is 0 Å². The lowest BCUT2D eigenvalue weighted by molar-refractivity contribution is 0.141. The summed E-state index contributed by atoms with van der Waals surface area (Å²) in [5, 5.41) is 0. The third kappa shape index (κ3) is 5.28. The maximum atomic E-state index is 13.3. The summed E-state index contributed by atoms with van der Waals surface area (Å²) in [4.78, 5) is 0. The van der Waals surface area contributed by atoms with E-state index in [0.717, 1.165) is 42.1 Å². The minimum atomic E-state index is -0.738. The van der Waals surface area contributed by atoms with Gasteiger partial charge in [0.2, 0.25) is 0 Å². The van der Waals surface area contributed by atoms with Gasteiger partial charge in [-0.25, -0.2) is 8.78 Å². The number of benzene rings is 1. The molecule has 2 aliphatic carbocycles. The molecule has 2 saturated carbocycles. The van der Waals surface area contributed by atoms with Crippen LogP contribution in [-0.2, 0) is 6.42 Å². The van der Waals surface area contributed by atoms with Crippen LogP contribution in [0.15, 0.2) is 18.2 Å². The Hall–Kier alpha value is -0.920. The molecule has 3 rings (SSSR count). The first-order valence-electron chi connectivity index (χ1n) is 10.6. The molecule has 2 aliphatic rings. The Balaban J connectivity index is 1.38. The van der Waals surface area contributed by atoms with E-state index in [-0.39, 0.29) is 0 Å². The van der Waals surface area contributed by atoms with Crippen LogP contribution in [-0.4, -0.2) is 0 Å². The minimum Gasteiger partial charge on any atom is -0.204 e. The molecule has 2 fully saturated rings. The molecule has 2 heteroatoms. The van der Waals surface area contributed by atoms with Crippen molar-refractivity contribution < 1.29 is 8.78 Å². The number of rotatable bonds is 6. The van der Waals surface area contributed by atoms with Gasteiger partial charge >= 0.3 is 0 Å². The first kappa shape index (κ1) is 18.9. The first-order chi connectivity index (χ1) is 12.2. The molecular formula is C23H34F2. The molecule has 1 aromatic rings. The molecule has 0 unspecified atom stereocenters. The molecule has 1 aromatic carbocycles. The van der Waals surface area contributed by atoms with Gasteiger partial charge in [-0.2, -0.15) is 0 Å². The van der Waals surface area contributed by atoms with E-state index in [2.05, 4.69) is 6.92 Å². The van der Waals surface area contributed by atoms with Gasteiger partial charge in [-0.05, 0) is 79.9 Å². The van der Waals surface area contributed by atoms with Crippen LogP contribution in [0.2, 0.25) is 0 Å².